The van der Waals surface area contributed by atoms with Crippen molar-refractivity contribution in [1.82, 2.24) is 0 Å². The first-order chi connectivity index (χ1) is 13.3. The van der Waals surface area contributed by atoms with E-state index in [9.17, 15) is 0 Å². The van der Waals surface area contributed by atoms with E-state index in [0.717, 1.165) is 16.9 Å². The Kier molecular flexibility index (Phi) is 4.45. The number of hydrogen-bond acceptors (Lipinski definition) is 2. The summed E-state index contributed by atoms with van der Waals surface area (Å²) < 4.78 is 6.59. The molecule has 28 heavy (non-hydrogen) atoms. The molecule has 0 unspecified atom stereocenters. The van der Waals surface area contributed by atoms with Crippen molar-refractivity contribution in [3.05, 3.63) is 71.8 Å². The van der Waals surface area contributed by atoms with Crippen molar-refractivity contribution in [2.45, 2.75) is 53.0 Å². The average molecular weight is 372 g/mol. The number of fused-ring (bicyclic) bond motifs is 3. The van der Waals surface area contributed by atoms with Gasteiger partial charge in [0.2, 0.25) is 0 Å². The second-order valence-corrected chi connectivity index (χ2v) is 8.94. The summed E-state index contributed by atoms with van der Waals surface area (Å²) in [4.78, 5) is 2.39. The molecule has 0 aliphatic heterocycles. The number of anilines is 2. The molecule has 0 amide bonds. The highest BCUT2D eigenvalue weighted by Gasteiger charge is 2.24. The lowest BCUT2D eigenvalue weighted by molar-refractivity contribution is 0.572. The van der Waals surface area contributed by atoms with Gasteiger partial charge in [-0.05, 0) is 43.9 Å². The highest BCUT2D eigenvalue weighted by molar-refractivity contribution is 6.10. The Morgan fingerprint density at radius 1 is 0.750 bits per heavy atom. The summed E-state index contributed by atoms with van der Waals surface area (Å²) in [5.41, 5.74) is 6.86. The Morgan fingerprint density at radius 3 is 2.00 bits per heavy atom. The molecule has 0 saturated heterocycles. The van der Waals surface area contributed by atoms with Gasteiger partial charge in [0, 0.05) is 28.1 Å². The van der Waals surface area contributed by atoms with Crippen molar-refractivity contribution >= 4 is 33.3 Å². The van der Waals surface area contributed by atoms with E-state index >= 15 is 0 Å². The van der Waals surface area contributed by atoms with E-state index < -0.39 is 0 Å². The molecular formula is C26H29NO. The van der Waals surface area contributed by atoms with Gasteiger partial charge in [-0.25, -0.2) is 0 Å². The molecule has 2 nitrogen and oxygen atoms in total. The van der Waals surface area contributed by atoms with Crippen LogP contribution in [0.15, 0.2) is 65.1 Å². The van der Waals surface area contributed by atoms with Gasteiger partial charge in [-0.1, -0.05) is 69.3 Å². The van der Waals surface area contributed by atoms with Crippen LogP contribution >= 0.6 is 0 Å². The van der Waals surface area contributed by atoms with E-state index in [1.165, 1.54) is 27.6 Å². The minimum atomic E-state index is 0.0291. The molecular weight excluding hydrogens is 342 g/mol. The van der Waals surface area contributed by atoms with Crippen LogP contribution in [0.4, 0.5) is 11.4 Å². The van der Waals surface area contributed by atoms with Gasteiger partial charge in [0.05, 0.1) is 5.69 Å². The molecule has 144 valence electrons. The highest BCUT2D eigenvalue weighted by Crippen LogP contribution is 2.42. The third-order valence-electron chi connectivity index (χ3n) is 5.46. The Labute approximate surface area is 167 Å². The predicted molar refractivity (Wildman–Crippen MR) is 121 cm³/mol. The molecule has 4 rings (SSSR count). The topological polar surface area (TPSA) is 16.4 Å². The molecule has 0 fully saturated rings. The number of nitrogens with zero attached hydrogens (tertiary/aromatic N) is 1. The summed E-state index contributed by atoms with van der Waals surface area (Å²) in [5.74, 6) is 0. The quantitative estimate of drug-likeness (QED) is 0.366. The SMILES string of the molecule is Cc1ccccc1N(c1cccc2c1oc1c(C(C)(C)C)cccc12)C(C)C. The lowest BCUT2D eigenvalue weighted by Gasteiger charge is -2.30. The zero-order valence-corrected chi connectivity index (χ0v) is 17.7. The Bertz CT molecular complexity index is 1140. The van der Waals surface area contributed by atoms with Crippen LogP contribution in [-0.4, -0.2) is 6.04 Å². The smallest absolute Gasteiger partial charge is 0.159 e. The number of hydrogen-bond donors (Lipinski definition) is 0. The van der Waals surface area contributed by atoms with Gasteiger partial charge in [-0.2, -0.15) is 0 Å². The van der Waals surface area contributed by atoms with E-state index in [0.29, 0.717) is 6.04 Å². The first-order valence-electron chi connectivity index (χ1n) is 10.1. The lowest BCUT2D eigenvalue weighted by Crippen LogP contribution is -2.26. The van der Waals surface area contributed by atoms with Crippen LogP contribution in [0.2, 0.25) is 0 Å². The van der Waals surface area contributed by atoms with Crippen molar-refractivity contribution in [3.8, 4) is 0 Å². The van der Waals surface area contributed by atoms with Gasteiger partial charge < -0.3 is 9.32 Å². The Balaban J connectivity index is 2.04. The molecule has 3 aromatic carbocycles. The fraction of sp³-hybridized carbons (Fsp3) is 0.308. The van der Waals surface area contributed by atoms with Crippen LogP contribution in [0.3, 0.4) is 0 Å². The maximum absolute atomic E-state index is 6.59. The molecule has 0 bridgehead atoms. The summed E-state index contributed by atoms with van der Waals surface area (Å²) in [6.07, 6.45) is 0. The summed E-state index contributed by atoms with van der Waals surface area (Å²) in [6, 6.07) is 21.9. The van der Waals surface area contributed by atoms with Gasteiger partial charge >= 0.3 is 0 Å². The van der Waals surface area contributed by atoms with Gasteiger partial charge in [0.1, 0.15) is 5.58 Å². The van der Waals surface area contributed by atoms with E-state index in [1.807, 2.05) is 0 Å². The second-order valence-electron chi connectivity index (χ2n) is 8.94. The first kappa shape index (κ1) is 18.6. The largest absolute Gasteiger partial charge is 0.454 e. The van der Waals surface area contributed by atoms with Crippen LogP contribution in [0.5, 0.6) is 0 Å². The first-order valence-corrected chi connectivity index (χ1v) is 10.1. The van der Waals surface area contributed by atoms with Gasteiger partial charge in [0.25, 0.3) is 0 Å². The van der Waals surface area contributed by atoms with Crippen molar-refractivity contribution in [2.24, 2.45) is 0 Å². The minimum absolute atomic E-state index is 0.0291. The number of furan rings is 1. The van der Waals surface area contributed by atoms with Crippen LogP contribution < -0.4 is 4.90 Å². The fourth-order valence-corrected chi connectivity index (χ4v) is 4.11. The summed E-state index contributed by atoms with van der Waals surface area (Å²) >= 11 is 0. The number of benzene rings is 3. The third kappa shape index (κ3) is 2.97. The van der Waals surface area contributed by atoms with Gasteiger partial charge in [0.15, 0.2) is 5.58 Å². The number of aryl methyl sites for hydroxylation is 1. The minimum Gasteiger partial charge on any atom is -0.454 e. The van der Waals surface area contributed by atoms with Crippen molar-refractivity contribution in [3.63, 3.8) is 0 Å². The lowest BCUT2D eigenvalue weighted by atomic mass is 9.86. The van der Waals surface area contributed by atoms with Crippen LogP contribution in [-0.2, 0) is 5.41 Å². The maximum Gasteiger partial charge on any atom is 0.159 e. The van der Waals surface area contributed by atoms with Crippen molar-refractivity contribution in [1.29, 1.82) is 0 Å². The molecule has 0 atom stereocenters. The fourth-order valence-electron chi connectivity index (χ4n) is 4.11. The molecule has 0 saturated carbocycles. The van der Waals surface area contributed by atoms with Crippen LogP contribution in [0.25, 0.3) is 21.9 Å². The molecule has 0 aliphatic carbocycles. The number of para-hydroxylation sites is 3. The summed E-state index contributed by atoms with van der Waals surface area (Å²) in [5, 5.41) is 2.37. The molecule has 0 radical (unpaired) electrons. The maximum atomic E-state index is 6.59. The molecule has 4 aromatic rings. The van der Waals surface area contributed by atoms with Gasteiger partial charge in [-0.3, -0.25) is 0 Å². The second kappa shape index (κ2) is 6.70. The third-order valence-corrected chi connectivity index (χ3v) is 5.46. The van der Waals surface area contributed by atoms with Crippen LogP contribution in [0, 0.1) is 6.92 Å². The normalized spacial score (nSPS) is 12.2. The molecule has 1 aromatic heterocycles. The Hall–Kier alpha value is -2.74. The van der Waals surface area contributed by atoms with E-state index in [2.05, 4.69) is 107 Å². The Morgan fingerprint density at radius 2 is 1.36 bits per heavy atom. The molecule has 0 N–H and O–H groups in total. The zero-order valence-electron chi connectivity index (χ0n) is 17.7. The summed E-state index contributed by atoms with van der Waals surface area (Å²) in [7, 11) is 0. The zero-order chi connectivity index (χ0) is 20.1. The molecule has 1 heterocycles. The number of rotatable bonds is 3. The monoisotopic (exact) mass is 371 g/mol. The molecule has 0 aliphatic rings. The predicted octanol–water partition coefficient (Wildman–Crippen LogP) is 7.74. The van der Waals surface area contributed by atoms with Crippen LogP contribution in [0.1, 0.15) is 45.7 Å². The van der Waals surface area contributed by atoms with E-state index in [-0.39, 0.29) is 5.41 Å². The summed E-state index contributed by atoms with van der Waals surface area (Å²) in [6.45, 7) is 13.3. The molecule has 2 heteroatoms. The van der Waals surface area contributed by atoms with Crippen molar-refractivity contribution in [2.75, 3.05) is 4.90 Å². The van der Waals surface area contributed by atoms with E-state index in [1.54, 1.807) is 0 Å². The standard InChI is InChI=1S/C26H29NO/c1-17(2)27(22-15-8-7-11-18(22)3)23-16-10-13-20-19-12-9-14-21(26(4,5)6)24(19)28-25(20)23/h7-17H,1-6H3. The van der Waals surface area contributed by atoms with Gasteiger partial charge in [-0.15, -0.1) is 0 Å². The van der Waals surface area contributed by atoms with E-state index in [4.69, 9.17) is 4.42 Å². The average Bonchev–Trinajstić information content (AvgIpc) is 3.02. The van der Waals surface area contributed by atoms with Crippen molar-refractivity contribution < 1.29 is 4.42 Å². The molecule has 0 spiro atoms. The highest BCUT2D eigenvalue weighted by atomic mass is 16.3.